The van der Waals surface area contributed by atoms with Crippen molar-refractivity contribution in [3.8, 4) is 11.3 Å². The van der Waals surface area contributed by atoms with Gasteiger partial charge in [-0.1, -0.05) is 38.1 Å². The number of hydrogen-bond acceptors (Lipinski definition) is 3. The highest BCUT2D eigenvalue weighted by Gasteiger charge is 2.45. The molecule has 0 amide bonds. The van der Waals surface area contributed by atoms with Gasteiger partial charge >= 0.3 is 0 Å². The molecular formula is C17H20N2O2. The molecule has 21 heavy (non-hydrogen) atoms. The van der Waals surface area contributed by atoms with Crippen LogP contribution in [-0.4, -0.2) is 34.0 Å². The van der Waals surface area contributed by atoms with Gasteiger partial charge < -0.3 is 14.4 Å². The Morgan fingerprint density at radius 3 is 3.00 bits per heavy atom. The van der Waals surface area contributed by atoms with Crippen molar-refractivity contribution in [2.24, 2.45) is 11.3 Å². The lowest BCUT2D eigenvalue weighted by atomic mass is 9.74. The summed E-state index contributed by atoms with van der Waals surface area (Å²) in [6.07, 6.45) is 3.38. The van der Waals surface area contributed by atoms with Crippen LogP contribution in [0.5, 0.6) is 0 Å². The Bertz CT molecular complexity index is 677. The van der Waals surface area contributed by atoms with E-state index in [-0.39, 0.29) is 17.4 Å². The normalized spacial score (nSPS) is 30.0. The summed E-state index contributed by atoms with van der Waals surface area (Å²) in [7, 11) is 0. The van der Waals surface area contributed by atoms with E-state index in [0.29, 0.717) is 13.2 Å². The van der Waals surface area contributed by atoms with Gasteiger partial charge in [-0.05, 0) is 5.56 Å². The summed E-state index contributed by atoms with van der Waals surface area (Å²) in [5.41, 5.74) is 3.39. The van der Waals surface area contributed by atoms with E-state index in [1.165, 1.54) is 11.1 Å². The number of nitrogens with zero attached hydrogens (tertiary/aromatic N) is 2. The smallest absolute Gasteiger partial charge is 0.0956 e. The third-order valence-electron chi connectivity index (χ3n) is 4.92. The standard InChI is InChI=1S/C17H20N2O2/c1-17(2)9-21-8-13(16(17)20)15-12-6-4-3-5-11(12)14-7-18-10-19(14)15/h3-7,10,13,15-16,20H,8-9H2,1-2H3. The van der Waals surface area contributed by atoms with E-state index in [0.717, 1.165) is 5.69 Å². The number of aromatic nitrogens is 2. The number of imidazole rings is 1. The highest BCUT2D eigenvalue weighted by molar-refractivity contribution is 5.69. The first-order valence-electron chi connectivity index (χ1n) is 7.46. The Labute approximate surface area is 124 Å². The Morgan fingerprint density at radius 2 is 2.14 bits per heavy atom. The molecule has 2 aliphatic rings. The van der Waals surface area contributed by atoms with Crippen molar-refractivity contribution in [2.75, 3.05) is 13.2 Å². The Kier molecular flexibility index (Phi) is 2.75. The van der Waals surface area contributed by atoms with Gasteiger partial charge in [0.05, 0.1) is 43.6 Å². The van der Waals surface area contributed by atoms with Gasteiger partial charge in [-0.15, -0.1) is 0 Å². The van der Waals surface area contributed by atoms with Crippen LogP contribution < -0.4 is 0 Å². The monoisotopic (exact) mass is 284 g/mol. The second kappa shape index (κ2) is 4.42. The Morgan fingerprint density at radius 1 is 1.33 bits per heavy atom. The predicted octanol–water partition coefficient (Wildman–Crippen LogP) is 2.49. The van der Waals surface area contributed by atoms with Gasteiger partial charge in [0.1, 0.15) is 0 Å². The molecule has 2 aliphatic heterocycles. The summed E-state index contributed by atoms with van der Waals surface area (Å²) in [5, 5.41) is 10.8. The lowest BCUT2D eigenvalue weighted by Crippen LogP contribution is -2.49. The first kappa shape index (κ1) is 13.0. The van der Waals surface area contributed by atoms with E-state index < -0.39 is 6.10 Å². The zero-order valence-corrected chi connectivity index (χ0v) is 12.4. The third kappa shape index (κ3) is 1.79. The molecule has 110 valence electrons. The molecular weight excluding hydrogens is 264 g/mol. The summed E-state index contributed by atoms with van der Waals surface area (Å²) in [4.78, 5) is 4.29. The average molecular weight is 284 g/mol. The molecule has 1 saturated heterocycles. The summed E-state index contributed by atoms with van der Waals surface area (Å²) in [6, 6.07) is 8.50. The highest BCUT2D eigenvalue weighted by Crippen LogP contribution is 2.47. The molecule has 0 spiro atoms. The molecule has 0 radical (unpaired) electrons. The van der Waals surface area contributed by atoms with Gasteiger partial charge in [-0.25, -0.2) is 4.98 Å². The van der Waals surface area contributed by atoms with Crippen molar-refractivity contribution in [1.82, 2.24) is 9.55 Å². The maximum absolute atomic E-state index is 10.8. The molecule has 0 bridgehead atoms. The molecule has 3 atom stereocenters. The number of rotatable bonds is 1. The maximum atomic E-state index is 10.8. The molecule has 1 aromatic carbocycles. The van der Waals surface area contributed by atoms with Gasteiger partial charge in [0.15, 0.2) is 0 Å². The molecule has 4 heteroatoms. The maximum Gasteiger partial charge on any atom is 0.0956 e. The Balaban J connectivity index is 1.82. The summed E-state index contributed by atoms with van der Waals surface area (Å²) < 4.78 is 7.98. The van der Waals surface area contributed by atoms with Crippen molar-refractivity contribution < 1.29 is 9.84 Å². The average Bonchev–Trinajstić information content (AvgIpc) is 3.03. The summed E-state index contributed by atoms with van der Waals surface area (Å²) >= 11 is 0. The molecule has 2 aromatic rings. The van der Waals surface area contributed by atoms with Crippen LogP contribution in [0, 0.1) is 11.3 Å². The molecule has 0 saturated carbocycles. The number of fused-ring (bicyclic) bond motifs is 3. The second-order valence-corrected chi connectivity index (χ2v) is 6.83. The first-order valence-corrected chi connectivity index (χ1v) is 7.46. The van der Waals surface area contributed by atoms with E-state index in [9.17, 15) is 5.11 Å². The minimum Gasteiger partial charge on any atom is -0.392 e. The largest absolute Gasteiger partial charge is 0.392 e. The van der Waals surface area contributed by atoms with Crippen LogP contribution in [0.3, 0.4) is 0 Å². The lowest BCUT2D eigenvalue weighted by Gasteiger charge is -2.43. The fraction of sp³-hybridized carbons (Fsp3) is 0.471. The van der Waals surface area contributed by atoms with E-state index >= 15 is 0 Å². The number of aliphatic hydroxyl groups excluding tert-OH is 1. The van der Waals surface area contributed by atoms with E-state index in [4.69, 9.17) is 4.74 Å². The number of benzene rings is 1. The van der Waals surface area contributed by atoms with Gasteiger partial charge in [-0.3, -0.25) is 0 Å². The van der Waals surface area contributed by atoms with Gasteiger partial charge in [-0.2, -0.15) is 0 Å². The van der Waals surface area contributed by atoms with Crippen molar-refractivity contribution in [3.05, 3.63) is 42.4 Å². The number of hydrogen-bond donors (Lipinski definition) is 1. The fourth-order valence-electron chi connectivity index (χ4n) is 3.79. The zero-order valence-electron chi connectivity index (χ0n) is 12.4. The third-order valence-corrected chi connectivity index (χ3v) is 4.92. The summed E-state index contributed by atoms with van der Waals surface area (Å²) in [6.45, 7) is 5.33. The molecule has 1 aromatic heterocycles. The highest BCUT2D eigenvalue weighted by atomic mass is 16.5. The SMILES string of the molecule is CC1(C)COCC(C2c3ccccc3-c3cncn32)C1O. The minimum atomic E-state index is -0.391. The van der Waals surface area contributed by atoms with Gasteiger partial charge in [0.2, 0.25) is 0 Å². The van der Waals surface area contributed by atoms with Crippen molar-refractivity contribution in [1.29, 1.82) is 0 Å². The van der Waals surface area contributed by atoms with Gasteiger partial charge in [0.25, 0.3) is 0 Å². The minimum absolute atomic E-state index is 0.0466. The molecule has 1 N–H and O–H groups in total. The molecule has 4 rings (SSSR count). The predicted molar refractivity (Wildman–Crippen MR) is 79.9 cm³/mol. The molecule has 4 nitrogen and oxygen atoms in total. The van der Waals surface area contributed by atoms with E-state index in [2.05, 4.69) is 47.7 Å². The fourth-order valence-corrected chi connectivity index (χ4v) is 3.79. The topological polar surface area (TPSA) is 47.3 Å². The first-order chi connectivity index (χ1) is 10.1. The van der Waals surface area contributed by atoms with Crippen molar-refractivity contribution in [2.45, 2.75) is 26.0 Å². The van der Waals surface area contributed by atoms with E-state index in [1.54, 1.807) is 0 Å². The number of ether oxygens (including phenoxy) is 1. The van der Waals surface area contributed by atoms with Crippen LogP contribution in [0.4, 0.5) is 0 Å². The van der Waals surface area contributed by atoms with Crippen molar-refractivity contribution in [3.63, 3.8) is 0 Å². The molecule has 0 aliphatic carbocycles. The van der Waals surface area contributed by atoms with Crippen LogP contribution in [0.1, 0.15) is 25.5 Å². The van der Waals surface area contributed by atoms with Crippen LogP contribution in [0.25, 0.3) is 11.3 Å². The molecule has 1 fully saturated rings. The quantitative estimate of drug-likeness (QED) is 0.875. The van der Waals surface area contributed by atoms with Crippen LogP contribution in [0.15, 0.2) is 36.8 Å². The van der Waals surface area contributed by atoms with Gasteiger partial charge in [0, 0.05) is 16.9 Å². The molecule has 3 unspecified atom stereocenters. The summed E-state index contributed by atoms with van der Waals surface area (Å²) in [5.74, 6) is 0.0466. The van der Waals surface area contributed by atoms with Crippen LogP contribution >= 0.6 is 0 Å². The Hall–Kier alpha value is -1.65. The van der Waals surface area contributed by atoms with Crippen LogP contribution in [0.2, 0.25) is 0 Å². The van der Waals surface area contributed by atoms with Crippen molar-refractivity contribution >= 4 is 0 Å². The zero-order chi connectivity index (χ0) is 14.6. The number of aliphatic hydroxyl groups is 1. The van der Waals surface area contributed by atoms with E-state index in [1.807, 2.05) is 12.5 Å². The molecule has 3 heterocycles. The van der Waals surface area contributed by atoms with Crippen LogP contribution in [-0.2, 0) is 4.74 Å². The second-order valence-electron chi connectivity index (χ2n) is 6.83. The lowest BCUT2D eigenvalue weighted by molar-refractivity contribution is -0.129.